The molecule has 3 rings (SSSR count). The lowest BCUT2D eigenvalue weighted by Crippen LogP contribution is -2.10. The molecule has 0 saturated heterocycles. The van der Waals surface area contributed by atoms with Gasteiger partial charge in [-0.05, 0) is 42.5 Å². The Morgan fingerprint density at radius 3 is 2.55 bits per heavy atom. The van der Waals surface area contributed by atoms with Gasteiger partial charge in [-0.15, -0.1) is 0 Å². The average Bonchev–Trinajstić information content (AvgIpc) is 3.15. The number of anilines is 1. The molecule has 0 unspecified atom stereocenters. The Morgan fingerprint density at radius 2 is 1.86 bits per heavy atom. The van der Waals surface area contributed by atoms with Gasteiger partial charge in [0.15, 0.2) is 5.75 Å². The highest BCUT2D eigenvalue weighted by atomic mass is 35.5. The number of hydrogen-bond acceptors (Lipinski definition) is 4. The van der Waals surface area contributed by atoms with Crippen LogP contribution < -0.4 is 10.1 Å². The maximum atomic E-state index is 12.3. The Morgan fingerprint density at radius 1 is 1.10 bits per heavy atom. The molecule has 0 saturated carbocycles. The zero-order chi connectivity index (χ0) is 21.0. The summed E-state index contributed by atoms with van der Waals surface area (Å²) in [5.41, 5.74) is 0.803. The minimum atomic E-state index is -1.18. The van der Waals surface area contributed by atoms with Gasteiger partial charge in [0.25, 0.3) is 0 Å². The van der Waals surface area contributed by atoms with Crippen LogP contribution >= 0.6 is 23.2 Å². The third-order valence-corrected chi connectivity index (χ3v) is 4.53. The molecule has 2 N–H and O–H groups in total. The van der Waals surface area contributed by atoms with Crippen molar-refractivity contribution in [2.24, 2.45) is 0 Å². The molecule has 3 aromatic rings. The molecular formula is C21H15Cl2NO5. The fourth-order valence-corrected chi connectivity index (χ4v) is 3.12. The molecule has 2 aromatic carbocycles. The van der Waals surface area contributed by atoms with Crippen LogP contribution in [0.15, 0.2) is 59.0 Å². The number of furan rings is 1. The van der Waals surface area contributed by atoms with E-state index < -0.39 is 11.9 Å². The number of methoxy groups -OCH3 is 1. The van der Waals surface area contributed by atoms with Crippen molar-refractivity contribution >= 4 is 46.8 Å². The van der Waals surface area contributed by atoms with E-state index in [2.05, 4.69) is 5.32 Å². The van der Waals surface area contributed by atoms with Gasteiger partial charge in [-0.25, -0.2) is 4.79 Å². The van der Waals surface area contributed by atoms with Crippen LogP contribution in [0, 0.1) is 0 Å². The number of hydrogen-bond donors (Lipinski definition) is 2. The number of benzene rings is 2. The van der Waals surface area contributed by atoms with Crippen LogP contribution in [0.25, 0.3) is 17.4 Å². The number of ether oxygens (including phenoxy) is 1. The Labute approximate surface area is 176 Å². The molecule has 8 heteroatoms. The van der Waals surface area contributed by atoms with Crippen LogP contribution in [0.4, 0.5) is 5.69 Å². The Kier molecular flexibility index (Phi) is 6.26. The highest BCUT2D eigenvalue weighted by Crippen LogP contribution is 2.34. The van der Waals surface area contributed by atoms with E-state index in [1.54, 1.807) is 18.2 Å². The molecule has 0 radical (unpaired) electrons. The lowest BCUT2D eigenvalue weighted by molar-refractivity contribution is -0.111. The summed E-state index contributed by atoms with van der Waals surface area (Å²) < 4.78 is 10.8. The molecular weight excluding hydrogens is 417 g/mol. The molecule has 0 atom stereocenters. The van der Waals surface area contributed by atoms with Crippen molar-refractivity contribution in [3.63, 3.8) is 0 Å². The number of carboxylic acids is 1. The summed E-state index contributed by atoms with van der Waals surface area (Å²) in [5.74, 6) is -0.518. The van der Waals surface area contributed by atoms with Crippen molar-refractivity contribution in [3.8, 4) is 17.1 Å². The number of amides is 1. The maximum Gasteiger partial charge on any atom is 0.335 e. The van der Waals surface area contributed by atoms with Gasteiger partial charge in [0.1, 0.15) is 11.5 Å². The monoisotopic (exact) mass is 431 g/mol. The first-order chi connectivity index (χ1) is 13.9. The van der Waals surface area contributed by atoms with E-state index in [1.165, 1.54) is 31.4 Å². The largest absolute Gasteiger partial charge is 0.493 e. The van der Waals surface area contributed by atoms with Crippen LogP contribution in [0.5, 0.6) is 5.75 Å². The van der Waals surface area contributed by atoms with Crippen LogP contribution in [0.1, 0.15) is 16.1 Å². The summed E-state index contributed by atoms with van der Waals surface area (Å²) in [6.45, 7) is 0. The van der Waals surface area contributed by atoms with Crippen molar-refractivity contribution in [2.75, 3.05) is 12.4 Å². The second kappa shape index (κ2) is 8.86. The third-order valence-electron chi connectivity index (χ3n) is 3.92. The number of rotatable bonds is 6. The molecule has 0 bridgehead atoms. The van der Waals surface area contributed by atoms with Gasteiger partial charge in [-0.1, -0.05) is 35.3 Å². The first kappa shape index (κ1) is 20.5. The van der Waals surface area contributed by atoms with E-state index in [1.807, 2.05) is 18.2 Å². The Bertz CT molecular complexity index is 1100. The second-order valence-corrected chi connectivity index (χ2v) is 6.66. The standard InChI is InChI=1S/C21H15Cl2NO5/c1-28-20-16(23)10-12(21(26)27)11-17(20)24-19(25)9-7-13-6-8-18(29-13)14-4-2-3-5-15(14)22/h2-11H,1H3,(H,24,25)(H,26,27)/b9-7+. The zero-order valence-electron chi connectivity index (χ0n) is 15.1. The SMILES string of the molecule is COc1c(Cl)cc(C(=O)O)cc1NC(=O)/C=C/c1ccc(-c2ccccc2Cl)o1. The molecule has 0 aliphatic rings. The highest BCUT2D eigenvalue weighted by molar-refractivity contribution is 6.33. The summed E-state index contributed by atoms with van der Waals surface area (Å²) in [5, 5.41) is 12.3. The zero-order valence-corrected chi connectivity index (χ0v) is 16.6. The Balaban J connectivity index is 1.77. The van der Waals surface area contributed by atoms with Gasteiger partial charge < -0.3 is 19.6 Å². The number of carbonyl (C=O) groups is 2. The Hall–Kier alpha value is -3.22. The van der Waals surface area contributed by atoms with Gasteiger partial charge in [-0.2, -0.15) is 0 Å². The molecule has 1 aromatic heterocycles. The van der Waals surface area contributed by atoms with Crippen LogP contribution in [-0.4, -0.2) is 24.1 Å². The van der Waals surface area contributed by atoms with E-state index in [0.29, 0.717) is 16.5 Å². The number of nitrogens with one attached hydrogen (secondary N) is 1. The van der Waals surface area contributed by atoms with E-state index in [9.17, 15) is 9.59 Å². The van der Waals surface area contributed by atoms with Crippen molar-refractivity contribution in [1.82, 2.24) is 0 Å². The molecule has 0 spiro atoms. The first-order valence-corrected chi connectivity index (χ1v) is 9.09. The van der Waals surface area contributed by atoms with E-state index >= 15 is 0 Å². The lowest BCUT2D eigenvalue weighted by atomic mass is 10.2. The average molecular weight is 432 g/mol. The number of carbonyl (C=O) groups excluding carboxylic acids is 1. The number of halogens is 2. The smallest absolute Gasteiger partial charge is 0.335 e. The third kappa shape index (κ3) is 4.80. The molecule has 0 fully saturated rings. The van der Waals surface area contributed by atoms with Crippen LogP contribution in [0.3, 0.4) is 0 Å². The van der Waals surface area contributed by atoms with E-state index in [-0.39, 0.29) is 22.0 Å². The van der Waals surface area contributed by atoms with Crippen LogP contribution in [0.2, 0.25) is 10.0 Å². The van der Waals surface area contributed by atoms with Gasteiger partial charge in [0.05, 0.1) is 28.4 Å². The maximum absolute atomic E-state index is 12.3. The van der Waals surface area contributed by atoms with Crippen molar-refractivity contribution < 1.29 is 23.8 Å². The highest BCUT2D eigenvalue weighted by Gasteiger charge is 2.15. The fourth-order valence-electron chi connectivity index (χ4n) is 2.60. The van der Waals surface area contributed by atoms with E-state index in [4.69, 9.17) is 37.5 Å². The quantitative estimate of drug-likeness (QED) is 0.494. The minimum absolute atomic E-state index is 0.0714. The summed E-state index contributed by atoms with van der Waals surface area (Å²) in [6.07, 6.45) is 2.72. The molecule has 148 valence electrons. The summed E-state index contributed by atoms with van der Waals surface area (Å²) in [6, 6.07) is 13.2. The van der Waals surface area contributed by atoms with Crippen LogP contribution in [-0.2, 0) is 4.79 Å². The topological polar surface area (TPSA) is 88.8 Å². The normalized spacial score (nSPS) is 10.9. The predicted molar refractivity (Wildman–Crippen MR) is 112 cm³/mol. The fraction of sp³-hybridized carbons (Fsp3) is 0.0476. The van der Waals surface area contributed by atoms with Gasteiger partial charge in [0, 0.05) is 11.6 Å². The van der Waals surface area contributed by atoms with Gasteiger partial charge in [-0.3, -0.25) is 4.79 Å². The molecule has 1 amide bonds. The van der Waals surface area contributed by atoms with E-state index in [0.717, 1.165) is 5.56 Å². The molecule has 6 nitrogen and oxygen atoms in total. The summed E-state index contributed by atoms with van der Waals surface area (Å²) >= 11 is 12.2. The minimum Gasteiger partial charge on any atom is -0.493 e. The first-order valence-electron chi connectivity index (χ1n) is 8.33. The lowest BCUT2D eigenvalue weighted by Gasteiger charge is -2.11. The van der Waals surface area contributed by atoms with Gasteiger partial charge in [0.2, 0.25) is 5.91 Å². The summed E-state index contributed by atoms with van der Waals surface area (Å²) in [7, 11) is 1.37. The molecule has 29 heavy (non-hydrogen) atoms. The van der Waals surface area contributed by atoms with Gasteiger partial charge >= 0.3 is 5.97 Å². The number of carboxylic acid groups (broad SMARTS) is 1. The second-order valence-electron chi connectivity index (χ2n) is 5.85. The molecule has 0 aliphatic heterocycles. The number of aromatic carboxylic acids is 1. The molecule has 1 heterocycles. The molecule has 0 aliphatic carbocycles. The van der Waals surface area contributed by atoms with Crippen molar-refractivity contribution in [2.45, 2.75) is 0 Å². The van der Waals surface area contributed by atoms with Crippen molar-refractivity contribution in [1.29, 1.82) is 0 Å². The predicted octanol–water partition coefficient (Wildman–Crippen LogP) is 5.61. The summed E-state index contributed by atoms with van der Waals surface area (Å²) in [4.78, 5) is 23.5. The van der Waals surface area contributed by atoms with Crippen molar-refractivity contribution in [3.05, 3.63) is 76.0 Å².